The number of carbonyl (C=O) groups excluding carboxylic acids is 1. The molecule has 2 aromatic heterocycles. The lowest BCUT2D eigenvalue weighted by Crippen LogP contribution is -2.33. The minimum absolute atomic E-state index is 0.0284. The lowest BCUT2D eigenvalue weighted by molar-refractivity contribution is 0.208. The van der Waals surface area contributed by atoms with E-state index in [4.69, 9.17) is 16.3 Å². The number of nitrogens with one attached hydrogen (secondary N) is 1. The summed E-state index contributed by atoms with van der Waals surface area (Å²) < 4.78 is 48.9. The van der Waals surface area contributed by atoms with Gasteiger partial charge in [0.05, 0.1) is 11.1 Å². The Hall–Kier alpha value is -3.86. The number of halogens is 4. The summed E-state index contributed by atoms with van der Waals surface area (Å²) in [4.78, 5) is 22.5. The first-order chi connectivity index (χ1) is 16.6. The number of hydrogen-bond acceptors (Lipinski definition) is 5. The molecule has 0 saturated heterocycles. The van der Waals surface area contributed by atoms with Gasteiger partial charge in [-0.3, -0.25) is 4.68 Å². The van der Waals surface area contributed by atoms with Crippen molar-refractivity contribution >= 4 is 34.1 Å². The van der Waals surface area contributed by atoms with Crippen LogP contribution in [-0.4, -0.2) is 37.7 Å². The first kappa shape index (κ1) is 24.3. The molecule has 0 bridgehead atoms. The second-order valence-corrected chi connectivity index (χ2v) is 8.21. The fourth-order valence-electron chi connectivity index (χ4n) is 3.43. The minimum atomic E-state index is -1.07. The number of benzene rings is 2. The van der Waals surface area contributed by atoms with Gasteiger partial charge in [-0.15, -0.1) is 0 Å². The van der Waals surface area contributed by atoms with Crippen molar-refractivity contribution in [2.45, 2.75) is 19.6 Å². The van der Waals surface area contributed by atoms with Gasteiger partial charge in [0.2, 0.25) is 5.88 Å². The van der Waals surface area contributed by atoms with Gasteiger partial charge in [-0.05, 0) is 42.6 Å². The summed E-state index contributed by atoms with van der Waals surface area (Å²) in [5.41, 5.74) is 0.750. The Bertz CT molecular complexity index is 1410. The van der Waals surface area contributed by atoms with Gasteiger partial charge in [0.25, 0.3) is 0 Å². The maximum Gasteiger partial charge on any atom is 0.322 e. The number of aromatic nitrogens is 4. The Kier molecular flexibility index (Phi) is 6.79. The summed E-state index contributed by atoms with van der Waals surface area (Å²) in [5.74, 6) is -2.28. The van der Waals surface area contributed by atoms with Crippen LogP contribution in [0.15, 0.2) is 42.9 Å². The SMILES string of the molecule is C[C@H](c1cnc(OCc2ncn(C)n2)c2cc(F)c(F)cc12)N(C)C(=O)Nc1ccc(F)c(Cl)c1. The Labute approximate surface area is 203 Å². The molecule has 2 amide bonds. The van der Waals surface area contributed by atoms with Gasteiger partial charge in [0.15, 0.2) is 24.1 Å². The molecule has 8 nitrogen and oxygen atoms in total. The van der Waals surface area contributed by atoms with E-state index in [1.54, 1.807) is 14.0 Å². The van der Waals surface area contributed by atoms with E-state index in [1.807, 2.05) is 0 Å². The fraction of sp³-hybridized carbons (Fsp3) is 0.217. The van der Waals surface area contributed by atoms with Crippen LogP contribution >= 0.6 is 11.6 Å². The van der Waals surface area contributed by atoms with E-state index in [-0.39, 0.29) is 22.9 Å². The number of aryl methyl sites for hydroxylation is 1. The number of carbonyl (C=O) groups is 1. The minimum Gasteiger partial charge on any atom is -0.469 e. The van der Waals surface area contributed by atoms with E-state index in [0.717, 1.165) is 18.2 Å². The monoisotopic (exact) mass is 504 g/mol. The highest BCUT2D eigenvalue weighted by Gasteiger charge is 2.23. The van der Waals surface area contributed by atoms with Crippen LogP contribution in [0.5, 0.6) is 5.88 Å². The van der Waals surface area contributed by atoms with E-state index < -0.39 is 29.5 Å². The predicted octanol–water partition coefficient (Wildman–Crippen LogP) is 5.24. The molecule has 1 N–H and O–H groups in total. The molecular weight excluding hydrogens is 485 g/mol. The first-order valence-electron chi connectivity index (χ1n) is 10.4. The Balaban J connectivity index is 1.62. The number of urea groups is 1. The van der Waals surface area contributed by atoms with E-state index in [2.05, 4.69) is 20.4 Å². The second-order valence-electron chi connectivity index (χ2n) is 7.80. The zero-order valence-corrected chi connectivity index (χ0v) is 19.6. The average Bonchev–Trinajstić information content (AvgIpc) is 3.24. The van der Waals surface area contributed by atoms with Crippen molar-refractivity contribution in [3.8, 4) is 5.88 Å². The van der Waals surface area contributed by atoms with Gasteiger partial charge in [0, 0.05) is 36.9 Å². The molecule has 0 spiro atoms. The first-order valence-corrected chi connectivity index (χ1v) is 10.8. The summed E-state index contributed by atoms with van der Waals surface area (Å²) in [6.07, 6.45) is 2.94. The van der Waals surface area contributed by atoms with E-state index in [9.17, 15) is 18.0 Å². The quantitative estimate of drug-likeness (QED) is 0.388. The maximum atomic E-state index is 14.2. The van der Waals surface area contributed by atoms with Gasteiger partial charge in [0.1, 0.15) is 12.1 Å². The molecule has 0 saturated carbocycles. The highest BCUT2D eigenvalue weighted by Crippen LogP contribution is 2.34. The Morgan fingerprint density at radius 2 is 1.86 bits per heavy atom. The summed E-state index contributed by atoms with van der Waals surface area (Å²) in [6, 6.07) is 4.68. The van der Waals surface area contributed by atoms with Crippen molar-refractivity contribution in [2.75, 3.05) is 12.4 Å². The lowest BCUT2D eigenvalue weighted by atomic mass is 10.0. The molecule has 0 aliphatic heterocycles. The van der Waals surface area contributed by atoms with Crippen LogP contribution in [0.3, 0.4) is 0 Å². The molecule has 4 aromatic rings. The van der Waals surface area contributed by atoms with Crippen LogP contribution in [0.2, 0.25) is 5.02 Å². The third-order valence-corrected chi connectivity index (χ3v) is 5.72. The molecule has 182 valence electrons. The fourth-order valence-corrected chi connectivity index (χ4v) is 3.61. The van der Waals surface area contributed by atoms with E-state index in [0.29, 0.717) is 22.5 Å². The molecule has 2 aromatic carbocycles. The highest BCUT2D eigenvalue weighted by atomic mass is 35.5. The molecule has 2 heterocycles. The predicted molar refractivity (Wildman–Crippen MR) is 124 cm³/mol. The third-order valence-electron chi connectivity index (χ3n) is 5.43. The van der Waals surface area contributed by atoms with Crippen molar-refractivity contribution in [1.29, 1.82) is 0 Å². The second kappa shape index (κ2) is 9.79. The maximum absolute atomic E-state index is 14.2. The molecule has 0 aliphatic rings. The number of ether oxygens (including phenoxy) is 1. The van der Waals surface area contributed by atoms with Gasteiger partial charge in [-0.1, -0.05) is 11.6 Å². The van der Waals surface area contributed by atoms with Crippen molar-refractivity contribution < 1.29 is 22.7 Å². The van der Waals surface area contributed by atoms with Gasteiger partial charge < -0.3 is 15.0 Å². The average molecular weight is 505 g/mol. The molecule has 4 rings (SSSR count). The normalized spacial score (nSPS) is 12.0. The van der Waals surface area contributed by atoms with Gasteiger partial charge >= 0.3 is 6.03 Å². The van der Waals surface area contributed by atoms with Gasteiger partial charge in [-0.25, -0.2) is 27.9 Å². The lowest BCUT2D eigenvalue weighted by Gasteiger charge is -2.26. The number of hydrogen-bond donors (Lipinski definition) is 1. The Morgan fingerprint density at radius 3 is 2.51 bits per heavy atom. The number of anilines is 1. The van der Waals surface area contributed by atoms with Crippen molar-refractivity contribution in [3.63, 3.8) is 0 Å². The summed E-state index contributed by atoms with van der Waals surface area (Å²) in [6.45, 7) is 1.67. The number of rotatable bonds is 6. The summed E-state index contributed by atoms with van der Waals surface area (Å²) in [7, 11) is 3.23. The highest BCUT2D eigenvalue weighted by molar-refractivity contribution is 6.31. The van der Waals surface area contributed by atoms with Crippen LogP contribution in [-0.2, 0) is 13.7 Å². The van der Waals surface area contributed by atoms with Crippen molar-refractivity contribution in [2.24, 2.45) is 7.05 Å². The van der Waals surface area contributed by atoms with Crippen molar-refractivity contribution in [1.82, 2.24) is 24.6 Å². The number of fused-ring (bicyclic) bond motifs is 1. The molecular formula is C23H20ClF3N6O2. The molecule has 1 atom stereocenters. The molecule has 35 heavy (non-hydrogen) atoms. The molecule has 0 aliphatic carbocycles. The third kappa shape index (κ3) is 5.14. The van der Waals surface area contributed by atoms with Crippen LogP contribution in [0.4, 0.5) is 23.7 Å². The summed E-state index contributed by atoms with van der Waals surface area (Å²) >= 11 is 5.77. The molecule has 12 heteroatoms. The molecule has 0 unspecified atom stereocenters. The standard InChI is InChI=1S/C23H20ClF3N6O2/c1-12(33(3)23(34)30-13-4-5-18(25)17(24)6-13)16-9-28-22(35-10-21-29-11-32(2)31-21)15-8-20(27)19(26)7-14(15)16/h4-9,11-12H,10H2,1-3H3,(H,30,34)/t12-/m1/s1. The zero-order valence-electron chi connectivity index (χ0n) is 18.9. The topological polar surface area (TPSA) is 85.2 Å². The Morgan fingerprint density at radius 1 is 1.14 bits per heavy atom. The van der Waals surface area contributed by atoms with Gasteiger partial charge in [-0.2, -0.15) is 5.10 Å². The van der Waals surface area contributed by atoms with Crippen LogP contribution in [0.1, 0.15) is 24.4 Å². The summed E-state index contributed by atoms with van der Waals surface area (Å²) in [5, 5.41) is 7.14. The number of pyridine rings is 1. The number of nitrogens with zero attached hydrogens (tertiary/aromatic N) is 5. The zero-order chi connectivity index (χ0) is 25.3. The van der Waals surface area contributed by atoms with Crippen LogP contribution in [0.25, 0.3) is 10.8 Å². The molecule has 0 fully saturated rings. The molecule has 0 radical (unpaired) electrons. The smallest absolute Gasteiger partial charge is 0.322 e. The van der Waals surface area contributed by atoms with Crippen molar-refractivity contribution in [3.05, 3.63) is 76.7 Å². The largest absolute Gasteiger partial charge is 0.469 e. The van der Waals surface area contributed by atoms with Crippen LogP contribution in [0, 0.1) is 17.5 Å². The number of amides is 2. The van der Waals surface area contributed by atoms with Crippen LogP contribution < -0.4 is 10.1 Å². The van der Waals surface area contributed by atoms with E-state index >= 15 is 0 Å². The van der Waals surface area contributed by atoms with E-state index in [1.165, 1.54) is 41.3 Å².